The van der Waals surface area contributed by atoms with E-state index >= 15 is 0 Å². The number of aromatic nitrogens is 2. The van der Waals surface area contributed by atoms with E-state index in [-0.39, 0.29) is 18.3 Å². The van der Waals surface area contributed by atoms with Gasteiger partial charge in [0, 0.05) is 25.0 Å². The minimum atomic E-state index is -0.207. The van der Waals surface area contributed by atoms with Gasteiger partial charge in [-0.2, -0.15) is 0 Å². The summed E-state index contributed by atoms with van der Waals surface area (Å²) in [6.07, 6.45) is 4.40. The zero-order valence-electron chi connectivity index (χ0n) is 17.0. The number of rotatable bonds is 10. The number of hydrogen-bond acceptors (Lipinski definition) is 4. The van der Waals surface area contributed by atoms with Gasteiger partial charge in [-0.3, -0.25) is 4.79 Å². The molecule has 1 atom stereocenters. The van der Waals surface area contributed by atoms with Crippen molar-refractivity contribution in [2.45, 2.75) is 72.3 Å². The highest BCUT2D eigenvalue weighted by Gasteiger charge is 2.18. The SMILES string of the molecule is CCCCc1nc(C)n(OC(CC)CCO)c(=O)c1Cc1ccc(C)cc1. The van der Waals surface area contributed by atoms with E-state index in [2.05, 4.69) is 38.1 Å². The highest BCUT2D eigenvalue weighted by molar-refractivity contribution is 5.30. The van der Waals surface area contributed by atoms with Crippen LogP contribution in [0.4, 0.5) is 0 Å². The van der Waals surface area contributed by atoms with Crippen molar-refractivity contribution in [1.29, 1.82) is 0 Å². The van der Waals surface area contributed by atoms with Crippen molar-refractivity contribution in [3.63, 3.8) is 0 Å². The first-order chi connectivity index (χ1) is 13.0. The van der Waals surface area contributed by atoms with Gasteiger partial charge >= 0.3 is 0 Å². The number of unbranched alkanes of at least 4 members (excludes halogenated alkanes) is 1. The third kappa shape index (κ3) is 5.67. The highest BCUT2D eigenvalue weighted by atomic mass is 16.7. The first-order valence-electron chi connectivity index (χ1n) is 9.95. The summed E-state index contributed by atoms with van der Waals surface area (Å²) in [5, 5.41) is 9.21. The Morgan fingerprint density at radius 2 is 1.89 bits per heavy atom. The lowest BCUT2D eigenvalue weighted by Crippen LogP contribution is -2.38. The van der Waals surface area contributed by atoms with Gasteiger partial charge in [-0.25, -0.2) is 4.98 Å². The van der Waals surface area contributed by atoms with Crippen molar-refractivity contribution in [2.75, 3.05) is 6.61 Å². The van der Waals surface area contributed by atoms with Crippen LogP contribution < -0.4 is 10.4 Å². The maximum absolute atomic E-state index is 13.2. The molecule has 2 rings (SSSR count). The van der Waals surface area contributed by atoms with Crippen molar-refractivity contribution in [2.24, 2.45) is 0 Å². The summed E-state index contributed by atoms with van der Waals surface area (Å²) in [5.41, 5.74) is 3.73. The molecule has 0 aliphatic rings. The smallest absolute Gasteiger partial charge is 0.290 e. The number of hydrogen-bond donors (Lipinski definition) is 1. The fourth-order valence-electron chi connectivity index (χ4n) is 3.09. The molecule has 0 fully saturated rings. The molecule has 0 radical (unpaired) electrons. The Kier molecular flexibility index (Phi) is 8.04. The largest absolute Gasteiger partial charge is 0.406 e. The van der Waals surface area contributed by atoms with Crippen molar-refractivity contribution in [3.05, 3.63) is 62.8 Å². The standard InChI is InChI=1S/C22H32N2O3/c1-5-7-8-21-20(15-18-11-9-16(3)10-12-18)22(26)24(17(4)23-21)27-19(6-2)13-14-25/h9-12,19,25H,5-8,13-15H2,1-4H3. The Morgan fingerprint density at radius 3 is 2.48 bits per heavy atom. The molecule has 0 aliphatic carbocycles. The van der Waals surface area contributed by atoms with Crippen molar-refractivity contribution in [3.8, 4) is 0 Å². The van der Waals surface area contributed by atoms with Crippen LogP contribution in [0.3, 0.4) is 0 Å². The molecule has 1 N–H and O–H groups in total. The molecule has 0 aliphatic heterocycles. The van der Waals surface area contributed by atoms with E-state index in [1.807, 2.05) is 6.92 Å². The lowest BCUT2D eigenvalue weighted by atomic mass is 10.0. The fraction of sp³-hybridized carbons (Fsp3) is 0.545. The maximum atomic E-state index is 13.2. The molecule has 5 heteroatoms. The molecule has 0 saturated heterocycles. The Balaban J connectivity index is 2.44. The van der Waals surface area contributed by atoms with E-state index in [4.69, 9.17) is 9.82 Å². The van der Waals surface area contributed by atoms with E-state index in [0.29, 0.717) is 24.2 Å². The molecule has 0 amide bonds. The van der Waals surface area contributed by atoms with E-state index in [0.717, 1.165) is 36.9 Å². The quantitative estimate of drug-likeness (QED) is 0.694. The van der Waals surface area contributed by atoms with Crippen LogP contribution in [0.5, 0.6) is 0 Å². The maximum Gasteiger partial charge on any atom is 0.290 e. The van der Waals surface area contributed by atoms with E-state index in [1.54, 1.807) is 6.92 Å². The lowest BCUT2D eigenvalue weighted by Gasteiger charge is -2.21. The summed E-state index contributed by atoms with van der Waals surface area (Å²) in [5.74, 6) is 0.565. The topological polar surface area (TPSA) is 64.3 Å². The summed E-state index contributed by atoms with van der Waals surface area (Å²) >= 11 is 0. The van der Waals surface area contributed by atoms with Gasteiger partial charge in [0.15, 0.2) is 0 Å². The third-order valence-corrected chi connectivity index (χ3v) is 4.81. The second-order valence-corrected chi connectivity index (χ2v) is 7.10. The van der Waals surface area contributed by atoms with Gasteiger partial charge in [0.1, 0.15) is 11.9 Å². The molecule has 27 heavy (non-hydrogen) atoms. The number of aliphatic hydroxyl groups excluding tert-OH is 1. The first kappa shape index (κ1) is 21.2. The monoisotopic (exact) mass is 372 g/mol. The summed E-state index contributed by atoms with van der Waals surface area (Å²) < 4.78 is 1.32. The van der Waals surface area contributed by atoms with Gasteiger partial charge < -0.3 is 9.94 Å². The second kappa shape index (κ2) is 10.3. The number of nitrogens with zero attached hydrogens (tertiary/aromatic N) is 2. The molecule has 0 spiro atoms. The molecule has 1 aromatic heterocycles. The van der Waals surface area contributed by atoms with Gasteiger partial charge in [-0.15, -0.1) is 4.73 Å². The van der Waals surface area contributed by atoms with Crippen molar-refractivity contribution < 1.29 is 9.94 Å². The van der Waals surface area contributed by atoms with Gasteiger partial charge in [-0.1, -0.05) is 50.1 Å². The Morgan fingerprint density at radius 1 is 1.19 bits per heavy atom. The number of benzene rings is 1. The first-order valence-corrected chi connectivity index (χ1v) is 9.95. The highest BCUT2D eigenvalue weighted by Crippen LogP contribution is 2.14. The molecule has 1 unspecified atom stereocenters. The average molecular weight is 373 g/mol. The zero-order valence-corrected chi connectivity index (χ0v) is 17.0. The van der Waals surface area contributed by atoms with Crippen LogP contribution in [0, 0.1) is 13.8 Å². The number of aryl methyl sites for hydroxylation is 3. The van der Waals surface area contributed by atoms with Crippen molar-refractivity contribution in [1.82, 2.24) is 9.71 Å². The van der Waals surface area contributed by atoms with Crippen LogP contribution in [-0.2, 0) is 12.8 Å². The van der Waals surface area contributed by atoms with E-state index in [1.165, 1.54) is 10.3 Å². The van der Waals surface area contributed by atoms with Gasteiger partial charge in [0.25, 0.3) is 5.56 Å². The molecule has 148 valence electrons. The minimum absolute atomic E-state index is 0.0323. The third-order valence-electron chi connectivity index (χ3n) is 4.81. The van der Waals surface area contributed by atoms with Crippen LogP contribution in [0.1, 0.15) is 67.7 Å². The van der Waals surface area contributed by atoms with Crippen LogP contribution >= 0.6 is 0 Å². The molecule has 1 aromatic carbocycles. The van der Waals surface area contributed by atoms with Crippen LogP contribution in [0.25, 0.3) is 0 Å². The number of aliphatic hydroxyl groups is 1. The molecule has 5 nitrogen and oxygen atoms in total. The predicted octanol–water partition coefficient (Wildman–Crippen LogP) is 3.38. The van der Waals surface area contributed by atoms with Gasteiger partial charge in [0.2, 0.25) is 0 Å². The minimum Gasteiger partial charge on any atom is -0.406 e. The van der Waals surface area contributed by atoms with Gasteiger partial charge in [0.05, 0.1) is 5.69 Å². The molecular weight excluding hydrogens is 340 g/mol. The molecular formula is C22H32N2O3. The Hall–Kier alpha value is -2.14. The Labute approximate surface area is 162 Å². The summed E-state index contributed by atoms with van der Waals surface area (Å²) in [6, 6.07) is 8.24. The van der Waals surface area contributed by atoms with Crippen LogP contribution in [-0.4, -0.2) is 27.5 Å². The second-order valence-electron chi connectivity index (χ2n) is 7.10. The Bertz CT molecular complexity index is 781. The predicted molar refractivity (Wildman–Crippen MR) is 108 cm³/mol. The van der Waals surface area contributed by atoms with E-state index < -0.39 is 0 Å². The summed E-state index contributed by atoms with van der Waals surface area (Å²) in [7, 11) is 0. The molecule has 1 heterocycles. The van der Waals surface area contributed by atoms with Crippen molar-refractivity contribution >= 4 is 0 Å². The lowest BCUT2D eigenvalue weighted by molar-refractivity contribution is 0.00841. The zero-order chi connectivity index (χ0) is 19.8. The molecule has 2 aromatic rings. The summed E-state index contributed by atoms with van der Waals surface area (Å²) in [6.45, 7) is 8.01. The summed E-state index contributed by atoms with van der Waals surface area (Å²) in [4.78, 5) is 23.8. The van der Waals surface area contributed by atoms with Crippen LogP contribution in [0.15, 0.2) is 29.1 Å². The molecule has 0 bridgehead atoms. The molecule has 0 saturated carbocycles. The average Bonchev–Trinajstić information content (AvgIpc) is 2.66. The normalized spacial score (nSPS) is 12.2. The fourth-order valence-corrected chi connectivity index (χ4v) is 3.09. The van der Waals surface area contributed by atoms with E-state index in [9.17, 15) is 9.90 Å². The van der Waals surface area contributed by atoms with Gasteiger partial charge in [-0.05, 0) is 38.7 Å². The van der Waals surface area contributed by atoms with Crippen LogP contribution in [0.2, 0.25) is 0 Å².